The van der Waals surface area contributed by atoms with Gasteiger partial charge in [0.05, 0.1) is 5.41 Å². The smallest absolute Gasteiger partial charge is 0.232 e. The van der Waals surface area contributed by atoms with Crippen molar-refractivity contribution >= 4 is 18.3 Å². The van der Waals surface area contributed by atoms with Crippen LogP contribution in [-0.2, 0) is 16.6 Å². The van der Waals surface area contributed by atoms with E-state index in [1.165, 1.54) is 11.1 Å². The summed E-state index contributed by atoms with van der Waals surface area (Å²) in [5, 5.41) is 0. The molecule has 1 aromatic carbocycles. The summed E-state index contributed by atoms with van der Waals surface area (Å²) in [7, 11) is 0. The fourth-order valence-electron chi connectivity index (χ4n) is 4.24. The molecule has 1 amide bonds. The average molecular weight is 337 g/mol. The van der Waals surface area contributed by atoms with E-state index in [2.05, 4.69) is 43.0 Å². The number of nitrogens with zero attached hydrogens (tertiary/aromatic N) is 1. The molecular formula is C19H29ClN2O. The molecule has 1 aromatic rings. The van der Waals surface area contributed by atoms with Gasteiger partial charge in [0.25, 0.3) is 0 Å². The number of aryl methyl sites for hydroxylation is 1. The number of carbonyl (C=O) groups excluding carboxylic acids is 1. The van der Waals surface area contributed by atoms with Crippen LogP contribution in [0.5, 0.6) is 0 Å². The molecule has 1 saturated heterocycles. The average Bonchev–Trinajstić information content (AvgIpc) is 2.55. The van der Waals surface area contributed by atoms with Crippen LogP contribution >= 0.6 is 12.4 Å². The maximum atomic E-state index is 13.2. The van der Waals surface area contributed by atoms with Crippen LogP contribution in [0.15, 0.2) is 24.3 Å². The number of hydrogen-bond acceptors (Lipinski definition) is 2. The number of amides is 1. The van der Waals surface area contributed by atoms with Crippen molar-refractivity contribution in [3.8, 4) is 0 Å². The lowest BCUT2D eigenvalue weighted by molar-refractivity contribution is -0.139. The van der Waals surface area contributed by atoms with Crippen molar-refractivity contribution in [1.82, 2.24) is 4.90 Å². The largest absolute Gasteiger partial charge is 0.342 e. The molecule has 128 valence electrons. The quantitative estimate of drug-likeness (QED) is 0.900. The predicted molar refractivity (Wildman–Crippen MR) is 96.9 cm³/mol. The first-order valence-corrected chi connectivity index (χ1v) is 8.66. The van der Waals surface area contributed by atoms with Gasteiger partial charge in [0.15, 0.2) is 0 Å². The van der Waals surface area contributed by atoms with Crippen LogP contribution in [0.4, 0.5) is 0 Å². The highest BCUT2D eigenvalue weighted by Crippen LogP contribution is 2.39. The number of benzene rings is 1. The number of hydrogen-bond donors (Lipinski definition) is 1. The lowest BCUT2D eigenvalue weighted by Crippen LogP contribution is -2.50. The molecule has 4 heteroatoms. The van der Waals surface area contributed by atoms with Gasteiger partial charge in [-0.25, -0.2) is 0 Å². The van der Waals surface area contributed by atoms with E-state index < -0.39 is 0 Å². The topological polar surface area (TPSA) is 46.3 Å². The number of halogens is 1. The molecule has 0 saturated carbocycles. The summed E-state index contributed by atoms with van der Waals surface area (Å²) >= 11 is 0. The third kappa shape index (κ3) is 3.41. The Balaban J connectivity index is 0.00000192. The van der Waals surface area contributed by atoms with Crippen LogP contribution in [0.2, 0.25) is 0 Å². The zero-order chi connectivity index (χ0) is 15.7. The number of rotatable bonds is 2. The van der Waals surface area contributed by atoms with Gasteiger partial charge in [-0.05, 0) is 63.0 Å². The van der Waals surface area contributed by atoms with Gasteiger partial charge in [-0.15, -0.1) is 12.4 Å². The summed E-state index contributed by atoms with van der Waals surface area (Å²) in [5.41, 5.74) is 8.29. The Hall–Kier alpha value is -1.06. The highest BCUT2D eigenvalue weighted by Gasteiger charge is 2.42. The second kappa shape index (κ2) is 7.23. The maximum absolute atomic E-state index is 13.2. The van der Waals surface area contributed by atoms with Crippen LogP contribution in [0.1, 0.15) is 50.7 Å². The van der Waals surface area contributed by atoms with Gasteiger partial charge in [-0.1, -0.05) is 24.3 Å². The van der Waals surface area contributed by atoms with Crippen LogP contribution in [-0.4, -0.2) is 29.9 Å². The molecule has 23 heavy (non-hydrogen) atoms. The van der Waals surface area contributed by atoms with Crippen LogP contribution < -0.4 is 5.73 Å². The normalized spacial score (nSPS) is 26.1. The minimum absolute atomic E-state index is 0. The van der Waals surface area contributed by atoms with Gasteiger partial charge in [0, 0.05) is 19.1 Å². The minimum atomic E-state index is -0.337. The Morgan fingerprint density at radius 3 is 2.61 bits per heavy atom. The molecule has 2 atom stereocenters. The maximum Gasteiger partial charge on any atom is 0.232 e. The Labute approximate surface area is 146 Å². The molecule has 1 heterocycles. The van der Waals surface area contributed by atoms with Crippen LogP contribution in [0.25, 0.3) is 0 Å². The molecule has 1 fully saturated rings. The molecule has 0 spiro atoms. The van der Waals surface area contributed by atoms with E-state index in [4.69, 9.17) is 5.73 Å². The van der Waals surface area contributed by atoms with Crippen LogP contribution in [0.3, 0.4) is 0 Å². The van der Waals surface area contributed by atoms with Gasteiger partial charge in [0.1, 0.15) is 0 Å². The van der Waals surface area contributed by atoms with E-state index in [1.807, 2.05) is 0 Å². The van der Waals surface area contributed by atoms with E-state index in [9.17, 15) is 4.79 Å². The highest BCUT2D eigenvalue weighted by molar-refractivity contribution is 5.88. The second-order valence-corrected chi connectivity index (χ2v) is 7.33. The van der Waals surface area contributed by atoms with E-state index in [0.29, 0.717) is 11.8 Å². The van der Waals surface area contributed by atoms with E-state index in [-0.39, 0.29) is 23.9 Å². The van der Waals surface area contributed by atoms with Gasteiger partial charge in [-0.3, -0.25) is 4.79 Å². The number of piperidine rings is 1. The molecular weight excluding hydrogens is 308 g/mol. The van der Waals surface area contributed by atoms with Crippen LogP contribution in [0, 0.1) is 5.92 Å². The lowest BCUT2D eigenvalue weighted by Gasteiger charge is -2.41. The summed E-state index contributed by atoms with van der Waals surface area (Å²) in [4.78, 5) is 15.3. The lowest BCUT2D eigenvalue weighted by atomic mass is 9.70. The monoisotopic (exact) mass is 336 g/mol. The summed E-state index contributed by atoms with van der Waals surface area (Å²) < 4.78 is 0. The number of fused-ring (bicyclic) bond motifs is 1. The van der Waals surface area contributed by atoms with Crippen molar-refractivity contribution in [1.29, 1.82) is 0 Å². The summed E-state index contributed by atoms with van der Waals surface area (Å²) in [6, 6.07) is 8.73. The number of carbonyl (C=O) groups is 1. The molecule has 0 radical (unpaired) electrons. The fourth-order valence-corrected chi connectivity index (χ4v) is 4.24. The molecule has 3 rings (SSSR count). The van der Waals surface area contributed by atoms with Gasteiger partial charge >= 0.3 is 0 Å². The Morgan fingerprint density at radius 2 is 1.96 bits per heavy atom. The molecule has 0 bridgehead atoms. The Morgan fingerprint density at radius 1 is 1.30 bits per heavy atom. The molecule has 1 aliphatic heterocycles. The van der Waals surface area contributed by atoms with E-state index in [1.54, 1.807) is 0 Å². The highest BCUT2D eigenvalue weighted by atomic mass is 35.5. The zero-order valence-corrected chi connectivity index (χ0v) is 15.1. The zero-order valence-electron chi connectivity index (χ0n) is 14.3. The second-order valence-electron chi connectivity index (χ2n) is 7.33. The summed E-state index contributed by atoms with van der Waals surface area (Å²) in [6.45, 7) is 5.96. The summed E-state index contributed by atoms with van der Waals surface area (Å²) in [6.07, 6.45) is 5.26. The first-order valence-electron chi connectivity index (χ1n) is 8.66. The molecule has 0 aromatic heterocycles. The molecule has 1 aliphatic carbocycles. The number of nitrogens with two attached hydrogens (primary N) is 1. The Bertz CT molecular complexity index is 552. The fraction of sp³-hybridized carbons (Fsp3) is 0.632. The van der Waals surface area contributed by atoms with Crippen molar-refractivity contribution < 1.29 is 4.79 Å². The SMILES string of the molecule is CC(N)C1CCN(C(=O)C2(C)CCCc3ccccc32)CC1.Cl. The minimum Gasteiger partial charge on any atom is -0.342 e. The molecule has 2 unspecified atom stereocenters. The van der Waals surface area contributed by atoms with Crippen molar-refractivity contribution in [2.45, 2.75) is 57.4 Å². The van der Waals surface area contributed by atoms with Crippen molar-refractivity contribution in [2.24, 2.45) is 11.7 Å². The third-order valence-corrected chi connectivity index (χ3v) is 5.78. The van der Waals surface area contributed by atoms with Crippen molar-refractivity contribution in [2.75, 3.05) is 13.1 Å². The van der Waals surface area contributed by atoms with Gasteiger partial charge in [-0.2, -0.15) is 0 Å². The molecule has 2 aliphatic rings. The predicted octanol–water partition coefficient (Wildman–Crippen LogP) is 3.29. The van der Waals surface area contributed by atoms with E-state index in [0.717, 1.165) is 45.2 Å². The standard InChI is InChI=1S/C19H28N2O.ClH/c1-14(20)15-9-12-21(13-10-15)18(22)19(2)11-5-7-16-6-3-4-8-17(16)19;/h3-4,6,8,14-15H,5,7,9-13,20H2,1-2H3;1H. The molecule has 3 nitrogen and oxygen atoms in total. The number of likely N-dealkylation sites (tertiary alicyclic amines) is 1. The third-order valence-electron chi connectivity index (χ3n) is 5.78. The summed E-state index contributed by atoms with van der Waals surface area (Å²) in [5.74, 6) is 0.887. The van der Waals surface area contributed by atoms with Gasteiger partial charge in [0.2, 0.25) is 5.91 Å². The van der Waals surface area contributed by atoms with Gasteiger partial charge < -0.3 is 10.6 Å². The van der Waals surface area contributed by atoms with E-state index >= 15 is 0 Å². The first kappa shape index (κ1) is 18.3. The van der Waals surface area contributed by atoms with Crippen molar-refractivity contribution in [3.05, 3.63) is 35.4 Å². The van der Waals surface area contributed by atoms with Crippen molar-refractivity contribution in [3.63, 3.8) is 0 Å². The first-order chi connectivity index (χ1) is 10.5. The molecule has 2 N–H and O–H groups in total. The Kier molecular flexibility index (Phi) is 5.74.